The molecule has 18 heavy (non-hydrogen) atoms. The van der Waals surface area contributed by atoms with Gasteiger partial charge in [0.1, 0.15) is 5.82 Å². The minimum Gasteiger partial charge on any atom is -0.393 e. The second-order valence-electron chi connectivity index (χ2n) is 5.79. The zero-order chi connectivity index (χ0) is 12.5. The van der Waals surface area contributed by atoms with Gasteiger partial charge in [-0.05, 0) is 55.7 Å². The van der Waals surface area contributed by atoms with Gasteiger partial charge in [-0.1, -0.05) is 18.2 Å². The summed E-state index contributed by atoms with van der Waals surface area (Å²) in [6.45, 7) is 1.01. The molecule has 0 amide bonds. The maximum Gasteiger partial charge on any atom is 0.126 e. The molecule has 0 unspecified atom stereocenters. The molecule has 0 aliphatic heterocycles. The standard InChI is InChI=1S/C15H20FNO/c16-15-4-2-1-3-14(15)11-7-12(8-11)17-9-10-5-13(18)6-10/h1-4,10-13,17-18H,5-9H2. The van der Waals surface area contributed by atoms with Crippen LogP contribution in [0.5, 0.6) is 0 Å². The van der Waals surface area contributed by atoms with Crippen LogP contribution in [0.25, 0.3) is 0 Å². The molecule has 0 spiro atoms. The maximum absolute atomic E-state index is 13.6. The molecule has 0 saturated heterocycles. The Morgan fingerprint density at radius 1 is 1.17 bits per heavy atom. The Morgan fingerprint density at radius 3 is 2.56 bits per heavy atom. The highest BCUT2D eigenvalue weighted by atomic mass is 19.1. The molecule has 2 nitrogen and oxygen atoms in total. The smallest absolute Gasteiger partial charge is 0.126 e. The molecule has 0 aromatic heterocycles. The lowest BCUT2D eigenvalue weighted by Gasteiger charge is -2.39. The molecule has 3 rings (SSSR count). The number of hydrogen-bond donors (Lipinski definition) is 2. The van der Waals surface area contributed by atoms with Crippen molar-refractivity contribution in [3.05, 3.63) is 35.6 Å². The van der Waals surface area contributed by atoms with Crippen LogP contribution >= 0.6 is 0 Å². The van der Waals surface area contributed by atoms with E-state index in [4.69, 9.17) is 0 Å². The predicted octanol–water partition coefficient (Wildman–Crippen LogP) is 2.43. The highest BCUT2D eigenvalue weighted by Crippen LogP contribution is 2.38. The van der Waals surface area contributed by atoms with Gasteiger partial charge >= 0.3 is 0 Å². The van der Waals surface area contributed by atoms with E-state index in [1.165, 1.54) is 0 Å². The average molecular weight is 249 g/mol. The van der Waals surface area contributed by atoms with Crippen LogP contribution in [-0.2, 0) is 0 Å². The van der Waals surface area contributed by atoms with Gasteiger partial charge in [-0.2, -0.15) is 0 Å². The number of halogens is 1. The van der Waals surface area contributed by atoms with Crippen LogP contribution in [0.15, 0.2) is 24.3 Å². The van der Waals surface area contributed by atoms with Crippen LogP contribution in [0.3, 0.4) is 0 Å². The van der Waals surface area contributed by atoms with Crippen LogP contribution in [0.4, 0.5) is 4.39 Å². The summed E-state index contributed by atoms with van der Waals surface area (Å²) < 4.78 is 13.6. The first kappa shape index (κ1) is 12.1. The summed E-state index contributed by atoms with van der Waals surface area (Å²) in [5.74, 6) is 0.964. The Hall–Kier alpha value is -0.930. The van der Waals surface area contributed by atoms with Crippen molar-refractivity contribution in [2.45, 2.75) is 43.7 Å². The molecule has 2 fully saturated rings. The Labute approximate surface area is 107 Å². The first-order valence-corrected chi connectivity index (χ1v) is 6.88. The van der Waals surface area contributed by atoms with E-state index in [2.05, 4.69) is 5.32 Å². The first-order valence-electron chi connectivity index (χ1n) is 6.88. The van der Waals surface area contributed by atoms with Crippen LogP contribution in [0.1, 0.15) is 37.2 Å². The minimum absolute atomic E-state index is 0.0654. The molecule has 98 valence electrons. The Morgan fingerprint density at radius 2 is 1.89 bits per heavy atom. The quantitative estimate of drug-likeness (QED) is 0.859. The number of nitrogens with one attached hydrogen (secondary N) is 1. The molecule has 1 aromatic carbocycles. The fourth-order valence-corrected chi connectivity index (χ4v) is 3.05. The third kappa shape index (κ3) is 2.43. The number of benzene rings is 1. The summed E-state index contributed by atoms with van der Waals surface area (Å²) >= 11 is 0. The second kappa shape index (κ2) is 4.98. The third-order valence-electron chi connectivity index (χ3n) is 4.39. The van der Waals surface area contributed by atoms with E-state index >= 15 is 0 Å². The summed E-state index contributed by atoms with van der Waals surface area (Å²) in [6.07, 6.45) is 3.89. The molecular weight excluding hydrogens is 229 g/mol. The SMILES string of the molecule is OC1CC(CNC2CC(c3ccccc3F)C2)C1. The van der Waals surface area contributed by atoms with Crippen molar-refractivity contribution >= 4 is 0 Å². The minimum atomic E-state index is -0.0666. The third-order valence-corrected chi connectivity index (χ3v) is 4.39. The van der Waals surface area contributed by atoms with Gasteiger partial charge < -0.3 is 10.4 Å². The molecule has 0 radical (unpaired) electrons. The summed E-state index contributed by atoms with van der Waals surface area (Å²) in [7, 11) is 0. The van der Waals surface area contributed by atoms with E-state index < -0.39 is 0 Å². The van der Waals surface area contributed by atoms with E-state index in [-0.39, 0.29) is 11.9 Å². The Balaban J connectivity index is 1.42. The van der Waals surface area contributed by atoms with Crippen molar-refractivity contribution < 1.29 is 9.50 Å². The van der Waals surface area contributed by atoms with Crippen LogP contribution in [0.2, 0.25) is 0 Å². The van der Waals surface area contributed by atoms with E-state index in [0.29, 0.717) is 17.9 Å². The zero-order valence-corrected chi connectivity index (χ0v) is 10.5. The number of aliphatic hydroxyl groups is 1. The van der Waals surface area contributed by atoms with E-state index in [9.17, 15) is 9.50 Å². The first-order chi connectivity index (χ1) is 8.72. The van der Waals surface area contributed by atoms with Crippen LogP contribution in [-0.4, -0.2) is 23.8 Å². The van der Waals surface area contributed by atoms with Gasteiger partial charge in [-0.3, -0.25) is 0 Å². The molecule has 2 N–H and O–H groups in total. The molecule has 0 atom stereocenters. The van der Waals surface area contributed by atoms with Gasteiger partial charge in [0.15, 0.2) is 0 Å². The van der Waals surface area contributed by atoms with Crippen molar-refractivity contribution in [3.8, 4) is 0 Å². The maximum atomic E-state index is 13.6. The van der Waals surface area contributed by atoms with Crippen LogP contribution < -0.4 is 5.32 Å². The summed E-state index contributed by atoms with van der Waals surface area (Å²) in [6, 6.07) is 7.64. The topological polar surface area (TPSA) is 32.3 Å². The van der Waals surface area contributed by atoms with Crippen molar-refractivity contribution in [3.63, 3.8) is 0 Å². The summed E-state index contributed by atoms with van der Waals surface area (Å²) in [5, 5.41) is 12.7. The second-order valence-corrected chi connectivity index (χ2v) is 5.79. The summed E-state index contributed by atoms with van der Waals surface area (Å²) in [4.78, 5) is 0. The van der Waals surface area contributed by atoms with Gasteiger partial charge in [-0.25, -0.2) is 4.39 Å². The fraction of sp³-hybridized carbons (Fsp3) is 0.600. The molecular formula is C15H20FNO. The van der Waals surface area contributed by atoms with Gasteiger partial charge in [0.25, 0.3) is 0 Å². The van der Waals surface area contributed by atoms with E-state index in [1.807, 2.05) is 12.1 Å². The molecule has 2 aliphatic rings. The molecule has 2 aliphatic carbocycles. The lowest BCUT2D eigenvalue weighted by Crippen LogP contribution is -2.45. The lowest BCUT2D eigenvalue weighted by molar-refractivity contribution is 0.0399. The van der Waals surface area contributed by atoms with Crippen LogP contribution in [0, 0.1) is 11.7 Å². The molecule has 0 bridgehead atoms. The number of aliphatic hydroxyl groups excluding tert-OH is 1. The zero-order valence-electron chi connectivity index (χ0n) is 10.5. The largest absolute Gasteiger partial charge is 0.393 e. The van der Waals surface area contributed by atoms with Crippen molar-refractivity contribution in [1.29, 1.82) is 0 Å². The number of hydrogen-bond acceptors (Lipinski definition) is 2. The normalized spacial score (nSPS) is 34.8. The van der Waals surface area contributed by atoms with Crippen molar-refractivity contribution in [1.82, 2.24) is 5.32 Å². The predicted molar refractivity (Wildman–Crippen MR) is 68.9 cm³/mol. The van der Waals surface area contributed by atoms with Gasteiger partial charge in [-0.15, -0.1) is 0 Å². The van der Waals surface area contributed by atoms with Gasteiger partial charge in [0.2, 0.25) is 0 Å². The highest BCUT2D eigenvalue weighted by molar-refractivity contribution is 5.24. The molecule has 2 saturated carbocycles. The van der Waals surface area contributed by atoms with Crippen molar-refractivity contribution in [2.75, 3.05) is 6.54 Å². The van der Waals surface area contributed by atoms with Gasteiger partial charge in [0, 0.05) is 6.04 Å². The Bertz CT molecular complexity index is 411. The van der Waals surface area contributed by atoms with E-state index in [1.54, 1.807) is 12.1 Å². The fourth-order valence-electron chi connectivity index (χ4n) is 3.05. The van der Waals surface area contributed by atoms with Gasteiger partial charge in [0.05, 0.1) is 6.10 Å². The monoisotopic (exact) mass is 249 g/mol. The highest BCUT2D eigenvalue weighted by Gasteiger charge is 2.33. The molecule has 3 heteroatoms. The Kier molecular flexibility index (Phi) is 3.35. The van der Waals surface area contributed by atoms with Crippen molar-refractivity contribution in [2.24, 2.45) is 5.92 Å². The number of rotatable bonds is 4. The summed E-state index contributed by atoms with van der Waals surface area (Å²) in [5.41, 5.74) is 0.870. The molecule has 1 aromatic rings. The average Bonchev–Trinajstić information content (AvgIpc) is 2.26. The van der Waals surface area contributed by atoms with E-state index in [0.717, 1.165) is 37.8 Å². The lowest BCUT2D eigenvalue weighted by atomic mass is 9.75. The molecule has 0 heterocycles.